The monoisotopic (exact) mass is 249 g/mol. The zero-order chi connectivity index (χ0) is 11.8. The van der Waals surface area contributed by atoms with Crippen LogP contribution in [0.2, 0.25) is 0 Å². The first-order valence-electron chi connectivity index (χ1n) is 5.79. The van der Waals surface area contributed by atoms with Crippen molar-refractivity contribution in [1.29, 1.82) is 0 Å². The maximum Gasteiger partial charge on any atom is 0.178 e. The average molecular weight is 249 g/mol. The molecule has 1 atom stereocenters. The Kier molecular flexibility index (Phi) is 2.66. The van der Waals surface area contributed by atoms with E-state index in [0.717, 1.165) is 30.4 Å². The molecule has 0 spiro atoms. The van der Waals surface area contributed by atoms with Gasteiger partial charge in [0.2, 0.25) is 0 Å². The Morgan fingerprint density at radius 1 is 1.35 bits per heavy atom. The number of aryl methyl sites for hydroxylation is 1. The molecule has 0 radical (unpaired) electrons. The van der Waals surface area contributed by atoms with Crippen LogP contribution < -0.4 is 4.90 Å². The summed E-state index contributed by atoms with van der Waals surface area (Å²) in [5.74, 6) is 3.02. The van der Waals surface area contributed by atoms with Crippen molar-refractivity contribution in [3.05, 3.63) is 18.0 Å². The molecule has 0 amide bonds. The number of hydrogen-bond donors (Lipinski definition) is 0. The molecule has 90 valence electrons. The molecule has 1 aliphatic rings. The third kappa shape index (κ3) is 1.97. The van der Waals surface area contributed by atoms with Crippen LogP contribution in [0.3, 0.4) is 0 Å². The van der Waals surface area contributed by atoms with Gasteiger partial charge < -0.3 is 4.90 Å². The fourth-order valence-electron chi connectivity index (χ4n) is 2.08. The van der Waals surface area contributed by atoms with Crippen LogP contribution in [0, 0.1) is 6.92 Å². The Balaban J connectivity index is 1.96. The lowest BCUT2D eigenvalue weighted by Crippen LogP contribution is -2.37. The maximum absolute atomic E-state index is 4.60. The first-order chi connectivity index (χ1) is 8.24. The Labute approximate surface area is 104 Å². The van der Waals surface area contributed by atoms with Crippen molar-refractivity contribution < 1.29 is 0 Å². The molecular formula is C11H15N5S. The second-order valence-electron chi connectivity index (χ2n) is 4.34. The molecule has 0 aromatic carbocycles. The summed E-state index contributed by atoms with van der Waals surface area (Å²) >= 11 is 2.02. The van der Waals surface area contributed by atoms with Crippen LogP contribution in [0.4, 0.5) is 5.82 Å². The van der Waals surface area contributed by atoms with Gasteiger partial charge in [0, 0.05) is 24.1 Å². The van der Waals surface area contributed by atoms with Crippen LogP contribution in [0.5, 0.6) is 0 Å². The van der Waals surface area contributed by atoms with Gasteiger partial charge in [-0.2, -0.15) is 16.3 Å². The largest absolute Gasteiger partial charge is 0.353 e. The van der Waals surface area contributed by atoms with E-state index in [0.29, 0.717) is 5.25 Å². The van der Waals surface area contributed by atoms with Crippen molar-refractivity contribution in [2.45, 2.75) is 19.1 Å². The Morgan fingerprint density at radius 2 is 2.24 bits per heavy atom. The minimum atomic E-state index is 0.670. The summed E-state index contributed by atoms with van der Waals surface area (Å²) in [4.78, 5) is 2.33. The van der Waals surface area contributed by atoms with E-state index in [1.54, 1.807) is 0 Å². The fraction of sp³-hybridized carbons (Fsp3) is 0.545. The zero-order valence-corrected chi connectivity index (χ0v) is 10.8. The first kappa shape index (κ1) is 10.8. The molecule has 3 rings (SSSR count). The van der Waals surface area contributed by atoms with Crippen LogP contribution in [0.1, 0.15) is 12.7 Å². The van der Waals surface area contributed by atoms with Gasteiger partial charge in [-0.3, -0.25) is 0 Å². The molecule has 0 aliphatic carbocycles. The molecule has 0 saturated carbocycles. The van der Waals surface area contributed by atoms with Crippen LogP contribution >= 0.6 is 11.8 Å². The Morgan fingerprint density at radius 3 is 3.06 bits per heavy atom. The highest BCUT2D eigenvalue weighted by Crippen LogP contribution is 2.22. The maximum atomic E-state index is 4.60. The molecule has 0 bridgehead atoms. The highest BCUT2D eigenvalue weighted by atomic mass is 32.2. The van der Waals surface area contributed by atoms with Crippen LogP contribution in [0.25, 0.3) is 5.65 Å². The molecule has 0 unspecified atom stereocenters. The van der Waals surface area contributed by atoms with Gasteiger partial charge in [-0.25, -0.2) is 0 Å². The number of hydrogen-bond acceptors (Lipinski definition) is 5. The van der Waals surface area contributed by atoms with Crippen molar-refractivity contribution in [1.82, 2.24) is 19.8 Å². The SMILES string of the molecule is Cc1nnc2ccc(N3CCS[C@H](C)C3)nn12. The highest BCUT2D eigenvalue weighted by Gasteiger charge is 2.18. The lowest BCUT2D eigenvalue weighted by molar-refractivity contribution is 0.746. The predicted octanol–water partition coefficient (Wildman–Crippen LogP) is 1.37. The molecule has 3 heterocycles. The van der Waals surface area contributed by atoms with E-state index >= 15 is 0 Å². The molecule has 1 saturated heterocycles. The Hall–Kier alpha value is -1.30. The Bertz CT molecular complexity index is 538. The average Bonchev–Trinajstić information content (AvgIpc) is 2.71. The molecule has 6 heteroatoms. The lowest BCUT2D eigenvalue weighted by Gasteiger charge is -2.31. The number of thioether (sulfide) groups is 1. The summed E-state index contributed by atoms with van der Waals surface area (Å²) in [6.07, 6.45) is 0. The molecule has 2 aromatic heterocycles. The summed E-state index contributed by atoms with van der Waals surface area (Å²) in [6, 6.07) is 4.01. The van der Waals surface area contributed by atoms with Gasteiger partial charge in [-0.05, 0) is 19.1 Å². The molecular weight excluding hydrogens is 234 g/mol. The molecule has 1 aliphatic heterocycles. The molecule has 0 N–H and O–H groups in total. The summed E-state index contributed by atoms with van der Waals surface area (Å²) < 4.78 is 1.81. The number of nitrogens with zero attached hydrogens (tertiary/aromatic N) is 5. The topological polar surface area (TPSA) is 46.3 Å². The van der Waals surface area contributed by atoms with Crippen LogP contribution in [-0.4, -0.2) is 43.9 Å². The van der Waals surface area contributed by atoms with Gasteiger partial charge in [-0.15, -0.1) is 15.3 Å². The van der Waals surface area contributed by atoms with Gasteiger partial charge in [-0.1, -0.05) is 6.92 Å². The highest BCUT2D eigenvalue weighted by molar-refractivity contribution is 8.00. The van der Waals surface area contributed by atoms with Crippen molar-refractivity contribution in [3.8, 4) is 0 Å². The zero-order valence-electron chi connectivity index (χ0n) is 10.00. The normalized spacial score (nSPS) is 21.1. The summed E-state index contributed by atoms with van der Waals surface area (Å²) in [5.41, 5.74) is 0.811. The number of fused-ring (bicyclic) bond motifs is 1. The smallest absolute Gasteiger partial charge is 0.178 e. The van der Waals surface area contributed by atoms with Crippen molar-refractivity contribution in [2.24, 2.45) is 0 Å². The molecule has 2 aromatic rings. The first-order valence-corrected chi connectivity index (χ1v) is 6.84. The number of anilines is 1. The van der Waals surface area contributed by atoms with Crippen LogP contribution in [-0.2, 0) is 0 Å². The van der Waals surface area contributed by atoms with Crippen molar-refractivity contribution in [2.75, 3.05) is 23.7 Å². The van der Waals surface area contributed by atoms with E-state index < -0.39 is 0 Å². The lowest BCUT2D eigenvalue weighted by atomic mass is 10.3. The minimum absolute atomic E-state index is 0.670. The van der Waals surface area contributed by atoms with Crippen molar-refractivity contribution in [3.63, 3.8) is 0 Å². The summed E-state index contributed by atoms with van der Waals surface area (Å²) in [6.45, 7) is 6.31. The second kappa shape index (κ2) is 4.18. The van der Waals surface area contributed by atoms with E-state index in [1.165, 1.54) is 5.75 Å². The molecule has 17 heavy (non-hydrogen) atoms. The second-order valence-corrected chi connectivity index (χ2v) is 5.88. The van der Waals surface area contributed by atoms with Gasteiger partial charge in [0.1, 0.15) is 5.82 Å². The quantitative estimate of drug-likeness (QED) is 0.764. The van der Waals surface area contributed by atoms with E-state index in [4.69, 9.17) is 0 Å². The minimum Gasteiger partial charge on any atom is -0.353 e. The van der Waals surface area contributed by atoms with E-state index in [1.807, 2.05) is 35.3 Å². The van der Waals surface area contributed by atoms with Crippen molar-refractivity contribution >= 4 is 23.2 Å². The van der Waals surface area contributed by atoms with Crippen LogP contribution in [0.15, 0.2) is 12.1 Å². The van der Waals surface area contributed by atoms with Gasteiger partial charge in [0.15, 0.2) is 11.5 Å². The summed E-state index contributed by atoms with van der Waals surface area (Å²) in [5, 5.41) is 13.3. The van der Waals surface area contributed by atoms with E-state index in [9.17, 15) is 0 Å². The third-order valence-corrected chi connectivity index (χ3v) is 4.11. The molecule has 5 nitrogen and oxygen atoms in total. The standard InChI is InChI=1S/C11H15N5S/c1-8-7-15(5-6-17-8)11-4-3-10-13-12-9(2)16(10)14-11/h3-4,8H,5-7H2,1-2H3/t8-/m1/s1. The predicted molar refractivity (Wildman–Crippen MR) is 69.7 cm³/mol. The van der Waals surface area contributed by atoms with E-state index in [-0.39, 0.29) is 0 Å². The number of aromatic nitrogens is 4. The van der Waals surface area contributed by atoms with Gasteiger partial charge in [0.25, 0.3) is 0 Å². The third-order valence-electron chi connectivity index (χ3n) is 2.97. The van der Waals surface area contributed by atoms with E-state index in [2.05, 4.69) is 27.1 Å². The molecule has 1 fully saturated rings. The van der Waals surface area contributed by atoms with Gasteiger partial charge in [0.05, 0.1) is 0 Å². The fourth-order valence-corrected chi connectivity index (χ4v) is 3.10. The number of rotatable bonds is 1. The summed E-state index contributed by atoms with van der Waals surface area (Å²) in [7, 11) is 0. The van der Waals surface area contributed by atoms with Gasteiger partial charge >= 0.3 is 0 Å².